The van der Waals surface area contributed by atoms with Gasteiger partial charge in [-0.2, -0.15) is 5.26 Å². The molecule has 0 amide bonds. The van der Waals surface area contributed by atoms with Gasteiger partial charge in [-0.25, -0.2) is 0 Å². The van der Waals surface area contributed by atoms with E-state index in [-0.39, 0.29) is 5.75 Å². The van der Waals surface area contributed by atoms with Crippen LogP contribution < -0.4 is 10.1 Å². The Hall–Kier alpha value is -2.68. The van der Waals surface area contributed by atoms with Gasteiger partial charge in [-0.05, 0) is 29.8 Å². The predicted octanol–water partition coefficient (Wildman–Crippen LogP) is 4.26. The molecule has 1 atom stereocenters. The molecular weight excluding hydrogens is 281 g/mol. The van der Waals surface area contributed by atoms with Gasteiger partial charge >= 0.3 is 6.36 Å². The Balaban J connectivity index is 2.08. The van der Waals surface area contributed by atoms with E-state index in [1.807, 2.05) is 18.2 Å². The molecule has 3 nitrogen and oxygen atoms in total. The summed E-state index contributed by atoms with van der Waals surface area (Å²) in [6, 6.07) is 15.8. The normalized spacial score (nSPS) is 12.3. The Labute approximate surface area is 119 Å². The highest BCUT2D eigenvalue weighted by Gasteiger charge is 2.30. The van der Waals surface area contributed by atoms with Gasteiger partial charge in [0.25, 0.3) is 0 Å². The number of nitrogens with one attached hydrogen (secondary N) is 1. The van der Waals surface area contributed by atoms with Gasteiger partial charge in [-0.3, -0.25) is 0 Å². The average molecular weight is 292 g/mol. The Morgan fingerprint density at radius 2 is 1.62 bits per heavy atom. The molecule has 0 spiro atoms. The second-order valence-electron chi connectivity index (χ2n) is 4.19. The van der Waals surface area contributed by atoms with Crippen LogP contribution >= 0.6 is 0 Å². The van der Waals surface area contributed by atoms with E-state index in [4.69, 9.17) is 5.26 Å². The first kappa shape index (κ1) is 14.7. The first-order valence-corrected chi connectivity index (χ1v) is 6.05. The average Bonchev–Trinajstić information content (AvgIpc) is 2.46. The zero-order chi connectivity index (χ0) is 15.3. The molecule has 0 aliphatic rings. The van der Waals surface area contributed by atoms with Gasteiger partial charge in [0, 0.05) is 5.69 Å². The minimum absolute atomic E-state index is 0.304. The lowest BCUT2D eigenvalue weighted by Crippen LogP contribution is -2.17. The third-order valence-corrected chi connectivity index (χ3v) is 2.66. The zero-order valence-corrected chi connectivity index (χ0v) is 10.8. The summed E-state index contributed by atoms with van der Waals surface area (Å²) in [5.41, 5.74) is 1.30. The molecule has 2 aromatic rings. The van der Waals surface area contributed by atoms with E-state index in [1.165, 1.54) is 24.3 Å². The second-order valence-corrected chi connectivity index (χ2v) is 4.19. The third kappa shape index (κ3) is 4.42. The number of ether oxygens (including phenoxy) is 1. The predicted molar refractivity (Wildman–Crippen MR) is 71.5 cm³/mol. The van der Waals surface area contributed by atoms with Gasteiger partial charge in [0.05, 0.1) is 6.07 Å². The lowest BCUT2D eigenvalue weighted by molar-refractivity contribution is -0.274. The van der Waals surface area contributed by atoms with Crippen LogP contribution in [0.25, 0.3) is 0 Å². The molecule has 0 aromatic heterocycles. The Morgan fingerprint density at radius 1 is 1.00 bits per heavy atom. The molecule has 0 bridgehead atoms. The number of hydrogen-bond donors (Lipinski definition) is 1. The van der Waals surface area contributed by atoms with Crippen LogP contribution in [0.4, 0.5) is 18.9 Å². The van der Waals surface area contributed by atoms with Crippen molar-refractivity contribution in [3.63, 3.8) is 0 Å². The Bertz CT molecular complexity index is 618. The maximum atomic E-state index is 12.0. The van der Waals surface area contributed by atoms with Gasteiger partial charge in [0.1, 0.15) is 11.8 Å². The lowest BCUT2D eigenvalue weighted by Gasteiger charge is -2.14. The van der Waals surface area contributed by atoms with E-state index >= 15 is 0 Å². The molecule has 0 saturated heterocycles. The van der Waals surface area contributed by atoms with Crippen molar-refractivity contribution in [3.8, 4) is 11.8 Å². The van der Waals surface area contributed by atoms with Crippen LogP contribution in [0.2, 0.25) is 0 Å². The van der Waals surface area contributed by atoms with Crippen molar-refractivity contribution < 1.29 is 17.9 Å². The summed E-state index contributed by atoms with van der Waals surface area (Å²) in [7, 11) is 0. The fraction of sp³-hybridized carbons (Fsp3) is 0.133. The number of hydrogen-bond acceptors (Lipinski definition) is 3. The minimum atomic E-state index is -4.71. The molecule has 2 rings (SSSR count). The van der Waals surface area contributed by atoms with Crippen LogP contribution in [0, 0.1) is 11.3 Å². The van der Waals surface area contributed by atoms with Gasteiger partial charge in [-0.1, -0.05) is 30.3 Å². The number of alkyl halides is 3. The SMILES string of the molecule is N#CC(Nc1ccc(OC(F)(F)F)cc1)c1ccccc1. The molecule has 0 aliphatic heterocycles. The highest BCUT2D eigenvalue weighted by atomic mass is 19.4. The minimum Gasteiger partial charge on any atom is -0.406 e. The molecule has 21 heavy (non-hydrogen) atoms. The molecule has 108 valence electrons. The molecule has 0 aliphatic carbocycles. The third-order valence-electron chi connectivity index (χ3n) is 2.66. The van der Waals surface area contributed by atoms with Crippen molar-refractivity contribution >= 4 is 5.69 Å². The van der Waals surface area contributed by atoms with E-state index in [0.29, 0.717) is 5.69 Å². The second kappa shape index (κ2) is 6.18. The highest BCUT2D eigenvalue weighted by molar-refractivity contribution is 5.49. The summed E-state index contributed by atoms with van der Waals surface area (Å²) in [4.78, 5) is 0. The molecule has 0 fully saturated rings. The van der Waals surface area contributed by atoms with Gasteiger partial charge in [0.2, 0.25) is 0 Å². The number of anilines is 1. The van der Waals surface area contributed by atoms with Crippen LogP contribution in [0.15, 0.2) is 54.6 Å². The standard InChI is InChI=1S/C15H11F3N2O/c16-15(17,18)21-13-8-6-12(7-9-13)20-14(10-19)11-4-2-1-3-5-11/h1-9,14,20H. The lowest BCUT2D eigenvalue weighted by atomic mass is 10.1. The summed E-state index contributed by atoms with van der Waals surface area (Å²) in [6.07, 6.45) is -4.71. The number of benzene rings is 2. The fourth-order valence-corrected chi connectivity index (χ4v) is 1.76. The number of nitrogens with zero attached hydrogens (tertiary/aromatic N) is 1. The quantitative estimate of drug-likeness (QED) is 0.915. The summed E-state index contributed by atoms with van der Waals surface area (Å²) in [5, 5.41) is 12.1. The molecule has 1 unspecified atom stereocenters. The molecule has 6 heteroatoms. The van der Waals surface area contributed by atoms with Crippen LogP contribution in [0.1, 0.15) is 11.6 Å². The molecule has 0 saturated carbocycles. The van der Waals surface area contributed by atoms with Crippen LogP contribution in [-0.4, -0.2) is 6.36 Å². The largest absolute Gasteiger partial charge is 0.573 e. The smallest absolute Gasteiger partial charge is 0.406 e. The maximum Gasteiger partial charge on any atom is 0.573 e. The van der Waals surface area contributed by atoms with Crippen molar-refractivity contribution in [3.05, 3.63) is 60.2 Å². The van der Waals surface area contributed by atoms with Gasteiger partial charge in [-0.15, -0.1) is 13.2 Å². The Morgan fingerprint density at radius 3 is 2.14 bits per heavy atom. The van der Waals surface area contributed by atoms with Crippen molar-refractivity contribution in [2.24, 2.45) is 0 Å². The maximum absolute atomic E-state index is 12.0. The molecule has 0 radical (unpaired) electrons. The van der Waals surface area contributed by atoms with Crippen molar-refractivity contribution in [2.75, 3.05) is 5.32 Å². The molecule has 1 N–H and O–H groups in total. The van der Waals surface area contributed by atoms with Crippen LogP contribution in [0.5, 0.6) is 5.75 Å². The van der Waals surface area contributed by atoms with Crippen LogP contribution in [0.3, 0.4) is 0 Å². The monoisotopic (exact) mass is 292 g/mol. The van der Waals surface area contributed by atoms with Crippen molar-refractivity contribution in [2.45, 2.75) is 12.4 Å². The van der Waals surface area contributed by atoms with E-state index in [2.05, 4.69) is 16.1 Å². The van der Waals surface area contributed by atoms with Crippen molar-refractivity contribution in [1.29, 1.82) is 5.26 Å². The molecule has 0 heterocycles. The highest BCUT2D eigenvalue weighted by Crippen LogP contribution is 2.25. The van der Waals surface area contributed by atoms with E-state index in [0.717, 1.165) is 5.56 Å². The Kier molecular flexibility index (Phi) is 4.33. The van der Waals surface area contributed by atoms with Gasteiger partial charge in [0.15, 0.2) is 0 Å². The summed E-state index contributed by atoms with van der Waals surface area (Å²) < 4.78 is 39.9. The van der Waals surface area contributed by atoms with Crippen LogP contribution in [-0.2, 0) is 0 Å². The first-order chi connectivity index (χ1) is 9.98. The fourth-order valence-electron chi connectivity index (χ4n) is 1.76. The number of nitriles is 1. The summed E-state index contributed by atoms with van der Waals surface area (Å²) in [6.45, 7) is 0. The number of rotatable bonds is 4. The van der Waals surface area contributed by atoms with E-state index in [9.17, 15) is 13.2 Å². The summed E-state index contributed by atoms with van der Waals surface area (Å²) >= 11 is 0. The van der Waals surface area contributed by atoms with Gasteiger partial charge < -0.3 is 10.1 Å². The van der Waals surface area contributed by atoms with Crippen molar-refractivity contribution in [1.82, 2.24) is 0 Å². The first-order valence-electron chi connectivity index (χ1n) is 6.05. The van der Waals surface area contributed by atoms with E-state index in [1.54, 1.807) is 12.1 Å². The molecular formula is C15H11F3N2O. The van der Waals surface area contributed by atoms with E-state index < -0.39 is 12.4 Å². The molecule has 2 aromatic carbocycles. The topological polar surface area (TPSA) is 45.0 Å². The zero-order valence-electron chi connectivity index (χ0n) is 10.8. The number of halogens is 3. The summed E-state index contributed by atoms with van der Waals surface area (Å²) in [5.74, 6) is -0.304.